The summed E-state index contributed by atoms with van der Waals surface area (Å²) in [6.45, 7) is 5.34. The van der Waals surface area contributed by atoms with Crippen LogP contribution in [0.2, 0.25) is 0 Å². The van der Waals surface area contributed by atoms with E-state index >= 15 is 0 Å². The van der Waals surface area contributed by atoms with Crippen LogP contribution in [0.4, 0.5) is 0 Å². The molecule has 1 atom stereocenters. The number of nitrogens with one attached hydrogen (secondary N) is 3. The summed E-state index contributed by atoms with van der Waals surface area (Å²) >= 11 is 0. The normalized spacial score (nSPS) is 20.6. The third-order valence-electron chi connectivity index (χ3n) is 4.72. The van der Waals surface area contributed by atoms with E-state index in [1.165, 1.54) is 7.05 Å². The molecule has 152 valence electrons. The minimum Gasteiger partial charge on any atom is -0.396 e. The minimum absolute atomic E-state index is 0.0614. The molecule has 1 heterocycles. The average molecular weight is 399 g/mol. The molecule has 1 saturated heterocycles. The molecule has 1 aromatic carbocycles. The number of aliphatic hydroxyl groups excluding tert-OH is 1. The fourth-order valence-electron chi connectivity index (χ4n) is 2.99. The summed E-state index contributed by atoms with van der Waals surface area (Å²) in [5.41, 5.74) is 0.852. The molecule has 0 amide bonds. The Hall–Kier alpha value is -1.68. The van der Waals surface area contributed by atoms with Crippen molar-refractivity contribution in [2.75, 3.05) is 40.0 Å². The maximum absolute atomic E-state index is 11.8. The van der Waals surface area contributed by atoms with Gasteiger partial charge in [-0.1, -0.05) is 12.1 Å². The van der Waals surface area contributed by atoms with Gasteiger partial charge >= 0.3 is 0 Å². The average Bonchev–Trinajstić information content (AvgIpc) is 3.13. The van der Waals surface area contributed by atoms with Crippen LogP contribution in [0.3, 0.4) is 0 Å². The summed E-state index contributed by atoms with van der Waals surface area (Å²) in [5.74, 6) is 0.689. The van der Waals surface area contributed by atoms with Crippen LogP contribution in [0.15, 0.2) is 34.2 Å². The SMILES string of the molecule is CCNC(=NCc1ccc(S(=O)(=O)NC)cc1)NCC1(CCO)CCOC1. The second-order valence-corrected chi connectivity index (χ2v) is 8.56. The van der Waals surface area contributed by atoms with Crippen molar-refractivity contribution in [1.82, 2.24) is 15.4 Å². The highest BCUT2D eigenvalue weighted by Gasteiger charge is 2.34. The van der Waals surface area contributed by atoms with Gasteiger partial charge in [-0.3, -0.25) is 0 Å². The molecule has 0 aliphatic carbocycles. The number of aliphatic imine (C=N–C) groups is 1. The standard InChI is InChI=1S/C18H30N4O4S/c1-3-20-17(22-13-18(8-10-23)9-11-26-14-18)21-12-15-4-6-16(7-5-15)27(24,25)19-2/h4-7,19,23H,3,8-14H2,1-2H3,(H2,20,21,22). The van der Waals surface area contributed by atoms with Crippen molar-refractivity contribution in [1.29, 1.82) is 0 Å². The van der Waals surface area contributed by atoms with Gasteiger partial charge in [0.1, 0.15) is 0 Å². The van der Waals surface area contributed by atoms with E-state index in [2.05, 4.69) is 20.3 Å². The summed E-state index contributed by atoms with van der Waals surface area (Å²) in [4.78, 5) is 4.81. The number of aliphatic hydroxyl groups is 1. The van der Waals surface area contributed by atoms with Crippen LogP contribution >= 0.6 is 0 Å². The number of hydrogen-bond donors (Lipinski definition) is 4. The van der Waals surface area contributed by atoms with Crippen LogP contribution in [-0.4, -0.2) is 59.4 Å². The predicted octanol–water partition coefficient (Wildman–Crippen LogP) is 0.439. The van der Waals surface area contributed by atoms with Gasteiger partial charge in [0.05, 0.1) is 18.0 Å². The van der Waals surface area contributed by atoms with Crippen molar-refractivity contribution in [2.24, 2.45) is 10.4 Å². The summed E-state index contributed by atoms with van der Waals surface area (Å²) in [5, 5.41) is 15.9. The molecule has 1 fully saturated rings. The molecule has 1 unspecified atom stereocenters. The van der Waals surface area contributed by atoms with E-state index in [1.54, 1.807) is 24.3 Å². The zero-order valence-corrected chi connectivity index (χ0v) is 16.8. The Labute approximate surface area is 161 Å². The Kier molecular flexibility index (Phi) is 8.03. The van der Waals surface area contributed by atoms with Gasteiger partial charge in [-0.2, -0.15) is 0 Å². The van der Waals surface area contributed by atoms with Crippen LogP contribution in [0.5, 0.6) is 0 Å². The largest absolute Gasteiger partial charge is 0.396 e. The van der Waals surface area contributed by atoms with Crippen molar-refractivity contribution >= 4 is 16.0 Å². The molecular weight excluding hydrogens is 368 g/mol. The Morgan fingerprint density at radius 3 is 2.59 bits per heavy atom. The molecule has 0 radical (unpaired) electrons. The molecule has 1 aliphatic heterocycles. The minimum atomic E-state index is -3.43. The molecule has 27 heavy (non-hydrogen) atoms. The number of ether oxygens (including phenoxy) is 1. The van der Waals surface area contributed by atoms with E-state index in [-0.39, 0.29) is 16.9 Å². The van der Waals surface area contributed by atoms with Gasteiger partial charge in [-0.15, -0.1) is 0 Å². The first kappa shape index (κ1) is 21.6. The summed E-state index contributed by atoms with van der Waals surface area (Å²) in [6.07, 6.45) is 1.61. The summed E-state index contributed by atoms with van der Waals surface area (Å²) in [6, 6.07) is 6.66. The van der Waals surface area contributed by atoms with E-state index in [0.717, 1.165) is 25.1 Å². The first-order valence-corrected chi connectivity index (χ1v) is 10.7. The summed E-state index contributed by atoms with van der Waals surface area (Å²) in [7, 11) is -2.04. The Morgan fingerprint density at radius 2 is 2.04 bits per heavy atom. The lowest BCUT2D eigenvalue weighted by Crippen LogP contribution is -2.44. The number of nitrogens with zero attached hydrogens (tertiary/aromatic N) is 1. The van der Waals surface area contributed by atoms with Gasteiger partial charge in [0.15, 0.2) is 5.96 Å². The van der Waals surface area contributed by atoms with Gasteiger partial charge < -0.3 is 20.5 Å². The van der Waals surface area contributed by atoms with Crippen molar-refractivity contribution in [3.05, 3.63) is 29.8 Å². The second kappa shape index (κ2) is 10.0. The molecule has 2 rings (SSSR count). The summed E-state index contributed by atoms with van der Waals surface area (Å²) < 4.78 is 31.4. The first-order chi connectivity index (χ1) is 12.9. The molecule has 4 N–H and O–H groups in total. The van der Waals surface area contributed by atoms with Crippen molar-refractivity contribution < 1.29 is 18.3 Å². The lowest BCUT2D eigenvalue weighted by atomic mass is 9.84. The van der Waals surface area contributed by atoms with Crippen LogP contribution in [0.1, 0.15) is 25.3 Å². The van der Waals surface area contributed by atoms with E-state index in [9.17, 15) is 13.5 Å². The quantitative estimate of drug-likeness (QED) is 0.355. The smallest absolute Gasteiger partial charge is 0.240 e. The number of benzene rings is 1. The monoisotopic (exact) mass is 398 g/mol. The van der Waals surface area contributed by atoms with Crippen molar-refractivity contribution in [3.8, 4) is 0 Å². The molecular formula is C18H30N4O4S. The molecule has 0 saturated carbocycles. The van der Waals surface area contributed by atoms with Gasteiger partial charge in [0.25, 0.3) is 0 Å². The molecule has 1 aromatic rings. The molecule has 8 nitrogen and oxygen atoms in total. The van der Waals surface area contributed by atoms with Crippen LogP contribution in [0.25, 0.3) is 0 Å². The highest BCUT2D eigenvalue weighted by atomic mass is 32.2. The molecule has 1 aliphatic rings. The van der Waals surface area contributed by atoms with E-state index < -0.39 is 10.0 Å². The van der Waals surface area contributed by atoms with Gasteiger partial charge in [-0.05, 0) is 44.5 Å². The number of sulfonamides is 1. The molecule has 0 spiro atoms. The second-order valence-electron chi connectivity index (χ2n) is 6.68. The zero-order valence-electron chi connectivity index (χ0n) is 16.0. The van der Waals surface area contributed by atoms with Crippen molar-refractivity contribution in [2.45, 2.75) is 31.2 Å². The van der Waals surface area contributed by atoms with Crippen molar-refractivity contribution in [3.63, 3.8) is 0 Å². The molecule has 0 aromatic heterocycles. The van der Waals surface area contributed by atoms with Gasteiger partial charge in [0.2, 0.25) is 10.0 Å². The first-order valence-electron chi connectivity index (χ1n) is 9.18. The maximum atomic E-state index is 11.8. The lowest BCUT2D eigenvalue weighted by Gasteiger charge is -2.27. The van der Waals surface area contributed by atoms with E-state index in [0.29, 0.717) is 32.1 Å². The topological polar surface area (TPSA) is 112 Å². The van der Waals surface area contributed by atoms with Gasteiger partial charge in [-0.25, -0.2) is 18.1 Å². The Bertz CT molecular complexity index is 713. The molecule has 0 bridgehead atoms. The van der Waals surface area contributed by atoms with Crippen LogP contribution in [0, 0.1) is 5.41 Å². The maximum Gasteiger partial charge on any atom is 0.240 e. The predicted molar refractivity (Wildman–Crippen MR) is 105 cm³/mol. The lowest BCUT2D eigenvalue weighted by molar-refractivity contribution is 0.127. The third-order valence-corrected chi connectivity index (χ3v) is 6.15. The Morgan fingerprint density at radius 1 is 1.30 bits per heavy atom. The highest BCUT2D eigenvalue weighted by Crippen LogP contribution is 2.31. The fraction of sp³-hybridized carbons (Fsp3) is 0.611. The van der Waals surface area contributed by atoms with E-state index in [4.69, 9.17) is 4.74 Å². The van der Waals surface area contributed by atoms with Gasteiger partial charge in [0, 0.05) is 31.7 Å². The van der Waals surface area contributed by atoms with Crippen LogP contribution < -0.4 is 15.4 Å². The Balaban J connectivity index is 2.00. The number of rotatable bonds is 9. The third kappa shape index (κ3) is 6.17. The highest BCUT2D eigenvalue weighted by molar-refractivity contribution is 7.89. The van der Waals surface area contributed by atoms with Crippen LogP contribution in [-0.2, 0) is 21.3 Å². The number of hydrogen-bond acceptors (Lipinski definition) is 5. The van der Waals surface area contributed by atoms with E-state index in [1.807, 2.05) is 6.92 Å². The molecule has 9 heteroatoms. The zero-order chi connectivity index (χ0) is 19.8. The number of guanidine groups is 1. The fourth-order valence-corrected chi connectivity index (χ4v) is 3.72.